The van der Waals surface area contributed by atoms with Crippen LogP contribution in [0.2, 0.25) is 0 Å². The van der Waals surface area contributed by atoms with Gasteiger partial charge in [0.15, 0.2) is 0 Å². The summed E-state index contributed by atoms with van der Waals surface area (Å²) in [5.74, 6) is -3.39. The molecule has 0 bridgehead atoms. The van der Waals surface area contributed by atoms with E-state index in [0.717, 1.165) is 36.2 Å². The molecule has 10 unspecified atom stereocenters. The fourth-order valence-electron chi connectivity index (χ4n) is 7.16. The molecule has 3 aliphatic rings. The second-order valence-electron chi connectivity index (χ2n) is 16.0. The summed E-state index contributed by atoms with van der Waals surface area (Å²) in [7, 11) is 11.8. The largest absolute Gasteiger partial charge is 0.480 e. The zero-order valence-electron chi connectivity index (χ0n) is 39.1. The van der Waals surface area contributed by atoms with Crippen molar-refractivity contribution in [2.24, 2.45) is 24.7 Å². The van der Waals surface area contributed by atoms with E-state index in [9.17, 15) is 53.4 Å². The van der Waals surface area contributed by atoms with Crippen molar-refractivity contribution >= 4 is 140 Å². The van der Waals surface area contributed by atoms with E-state index < -0.39 is 96.2 Å². The molecule has 3 saturated heterocycles. The molecule has 0 aromatic heterocycles. The number of likely N-dealkylation sites (tertiary alicyclic amines) is 1. The highest BCUT2D eigenvalue weighted by molar-refractivity contribution is 7.99. The molecule has 4 amide bonds. The number of nitrogens with two attached hydrogens (primary N) is 1. The van der Waals surface area contributed by atoms with Gasteiger partial charge in [0.25, 0.3) is 5.91 Å². The second-order valence-corrected chi connectivity index (χ2v) is 19.6. The highest BCUT2D eigenvalue weighted by Crippen LogP contribution is 2.35. The van der Waals surface area contributed by atoms with Crippen LogP contribution < -0.4 is 16.4 Å². The van der Waals surface area contributed by atoms with Gasteiger partial charge in [-0.05, 0) is 162 Å². The summed E-state index contributed by atoms with van der Waals surface area (Å²) in [5, 5.41) is 51.0. The number of nitrogens with zero attached hydrogens (tertiary/aromatic N) is 6. The Kier molecular flexibility index (Phi) is 38.0. The maximum Gasteiger partial charge on any atom is 0.326 e. The molecular weight excluding hydrogens is 1080 g/mol. The van der Waals surface area contributed by atoms with E-state index in [4.69, 9.17) is 21.1 Å². The number of hydrogen-bond donors (Lipinski definition) is 11. The number of amides is 4. The lowest BCUT2D eigenvalue weighted by Crippen LogP contribution is -2.56. The lowest BCUT2D eigenvalue weighted by molar-refractivity contribution is -0.165. The quantitative estimate of drug-likeness (QED) is 0.0239. The maximum atomic E-state index is 12.3. The average molecular weight is 1150 g/mol. The standard InChI is InChI=1S/C10H20N3O3PS.2C10H17N2O4PS.C10H15N2O3PS/c11-5-2-1-3-8(10(15)16)12-9(14)7(13-17)4-6-18;13-8-3-1-2-7(10(15)16)12(8)9(14)6(11-17)4-5-18;13-5-2-1-3-8(10(15)16)11-9(14)7(12-17)4-6-18;13-9-6(11-16)4-5-17-8-3-1-2-7(10(14)15)12(8)9/h7-8,17-18H,1-6,11H2,(H,12,14)(H,15,16);6-8,13,17-18H,1-5H2,(H,15,16);5,7-8,17-18H,1-4,6H2,(H,11,14)(H,15,16);6-8,16H,1-5H2,(H,14,15). The molecule has 402 valence electrons. The summed E-state index contributed by atoms with van der Waals surface area (Å²) in [6.45, 7) is 0.513. The van der Waals surface area contributed by atoms with E-state index in [1.165, 1.54) is 4.90 Å². The Balaban J connectivity index is 0.000000920. The summed E-state index contributed by atoms with van der Waals surface area (Å²) in [6, 6.07) is -5.96. The predicted octanol–water partition coefficient (Wildman–Crippen LogP) is 4.04. The molecule has 3 rings (SSSR count). The van der Waals surface area contributed by atoms with Gasteiger partial charge in [-0.25, -0.2) is 19.2 Å². The van der Waals surface area contributed by atoms with Gasteiger partial charge in [-0.15, -0.1) is 11.8 Å². The molecule has 0 spiro atoms. The highest BCUT2D eigenvalue weighted by Gasteiger charge is 2.43. The minimum absolute atomic E-state index is 0.00997. The number of rotatable bonds is 27. The van der Waals surface area contributed by atoms with Crippen molar-refractivity contribution in [3.05, 3.63) is 0 Å². The summed E-state index contributed by atoms with van der Waals surface area (Å²) in [4.78, 5) is 105. The molecule has 0 aliphatic carbocycles. The number of thiol groups is 3. The normalized spacial score (nSPS) is 21.4. The minimum Gasteiger partial charge on any atom is -0.480 e. The number of aliphatic hydroxyl groups is 1. The van der Waals surface area contributed by atoms with Gasteiger partial charge in [-0.1, -0.05) is 0 Å². The zero-order valence-corrected chi connectivity index (χ0v) is 46.6. The van der Waals surface area contributed by atoms with Gasteiger partial charge < -0.3 is 56.5 Å². The second kappa shape index (κ2) is 39.6. The van der Waals surface area contributed by atoms with Crippen LogP contribution in [0.25, 0.3) is 0 Å². The van der Waals surface area contributed by atoms with Crippen molar-refractivity contribution in [2.45, 2.75) is 163 Å². The number of piperidine rings is 2. The molecule has 23 nitrogen and oxygen atoms in total. The Hall–Kier alpha value is -2.85. The lowest BCUT2D eigenvalue weighted by atomic mass is 9.99. The molecule has 10 atom stereocenters. The van der Waals surface area contributed by atoms with Crippen molar-refractivity contribution in [3.8, 4) is 0 Å². The van der Waals surface area contributed by atoms with Crippen LogP contribution in [0.1, 0.15) is 103 Å². The molecule has 3 fully saturated rings. The number of carbonyl (C=O) groups excluding carboxylic acids is 5. The first-order valence-electron chi connectivity index (χ1n) is 22.7. The average Bonchev–Trinajstić information content (AvgIpc) is 3.51. The number of thioether (sulfide) groups is 1. The van der Waals surface area contributed by atoms with E-state index in [1.54, 1.807) is 11.8 Å². The molecule has 0 aromatic carbocycles. The Bertz CT molecular complexity index is 1790. The first-order chi connectivity index (χ1) is 33.8. The van der Waals surface area contributed by atoms with Crippen LogP contribution in [0.5, 0.6) is 0 Å². The summed E-state index contributed by atoms with van der Waals surface area (Å²) in [6.07, 6.45) is 7.92. The van der Waals surface area contributed by atoms with Crippen LogP contribution in [-0.2, 0) is 43.2 Å². The monoisotopic (exact) mass is 1150 g/mol. The number of aliphatic carboxylic acids is 4. The number of carboxylic acid groups (broad SMARTS) is 4. The van der Waals surface area contributed by atoms with Crippen LogP contribution >= 0.6 is 85.8 Å². The summed E-state index contributed by atoms with van der Waals surface area (Å²) < 4.78 is 15.0. The minimum atomic E-state index is -1.12. The molecule has 0 saturated carbocycles. The third-order valence-corrected chi connectivity index (χ3v) is 14.3. The van der Waals surface area contributed by atoms with E-state index >= 15 is 0 Å². The van der Waals surface area contributed by atoms with Gasteiger partial charge in [-0.3, -0.25) is 38.2 Å². The first-order valence-corrected chi connectivity index (χ1v) is 27.4. The Morgan fingerprint density at radius 1 is 0.704 bits per heavy atom. The highest BCUT2D eigenvalue weighted by atomic mass is 32.2. The van der Waals surface area contributed by atoms with Crippen molar-refractivity contribution in [1.29, 1.82) is 0 Å². The van der Waals surface area contributed by atoms with Crippen molar-refractivity contribution < 1.29 is 68.7 Å². The fourth-order valence-corrected chi connectivity index (χ4v) is 10.2. The topological polar surface area (TPSA) is 361 Å². The van der Waals surface area contributed by atoms with Crippen LogP contribution in [0.3, 0.4) is 0 Å². The van der Waals surface area contributed by atoms with E-state index in [1.807, 2.05) is 0 Å². The lowest BCUT2D eigenvalue weighted by Gasteiger charge is -2.39. The first kappa shape index (κ1) is 68.2. The van der Waals surface area contributed by atoms with Gasteiger partial charge in [0.05, 0.1) is 5.37 Å². The number of hydrogen-bond acceptors (Lipinski definition) is 19. The van der Waals surface area contributed by atoms with Crippen LogP contribution in [0.15, 0.2) is 19.0 Å². The van der Waals surface area contributed by atoms with Crippen molar-refractivity contribution in [2.75, 3.05) is 29.6 Å². The van der Waals surface area contributed by atoms with Crippen LogP contribution in [0, 0.1) is 0 Å². The van der Waals surface area contributed by atoms with E-state index in [2.05, 4.69) is 104 Å². The molecule has 0 radical (unpaired) electrons. The number of carboxylic acids is 4. The predicted molar refractivity (Wildman–Crippen MR) is 287 cm³/mol. The number of fused-ring (bicyclic) bond motifs is 1. The number of nitrogens with one attached hydrogen (secondary N) is 2. The number of aldehydes is 1. The van der Waals surface area contributed by atoms with E-state index in [-0.39, 0.29) is 24.1 Å². The molecule has 0 aromatic rings. The molecule has 3 aliphatic heterocycles. The Labute approximate surface area is 443 Å². The van der Waals surface area contributed by atoms with Crippen molar-refractivity contribution in [3.63, 3.8) is 0 Å². The van der Waals surface area contributed by atoms with Gasteiger partial charge in [-0.2, -0.15) is 37.9 Å². The SMILES string of the molecule is NCCCCC(NC(=O)C(CCS)N=P)C(=O)O.O=C(O)C1CCCC(O)N1C(=O)C(CCS)N=P.O=C(O)C1CCCC2SCCC(N=P)C(=O)N21.O=CCCCC(NC(=O)C(CCS)N=P)C(=O)O. The number of aliphatic hydroxyl groups excluding tert-OH is 1. The van der Waals surface area contributed by atoms with Gasteiger partial charge in [0.2, 0.25) is 17.7 Å². The molecule has 3 heterocycles. The maximum absolute atomic E-state index is 12.3. The fraction of sp³-hybridized carbons (Fsp3) is 0.775. The van der Waals surface area contributed by atoms with Crippen LogP contribution in [-0.4, -0.2) is 179 Å². The third kappa shape index (κ3) is 25.3. The number of carbonyl (C=O) groups is 9. The molecule has 31 heteroatoms. The Morgan fingerprint density at radius 3 is 1.62 bits per heavy atom. The molecule has 71 heavy (non-hydrogen) atoms. The van der Waals surface area contributed by atoms with Gasteiger partial charge >= 0.3 is 23.9 Å². The van der Waals surface area contributed by atoms with E-state index in [0.29, 0.717) is 94.4 Å². The smallest absolute Gasteiger partial charge is 0.326 e. The Morgan fingerprint density at radius 2 is 1.18 bits per heavy atom. The molecule has 9 N–H and O–H groups in total. The summed E-state index contributed by atoms with van der Waals surface area (Å²) in [5.41, 5.74) is 5.34. The van der Waals surface area contributed by atoms with Gasteiger partial charge in [0, 0.05) is 6.42 Å². The molecular formula is C40H69N9O14P4S4. The van der Waals surface area contributed by atoms with Crippen molar-refractivity contribution in [1.82, 2.24) is 20.4 Å². The number of unbranched alkanes of at least 4 members (excludes halogenated alkanes) is 2. The summed E-state index contributed by atoms with van der Waals surface area (Å²) >= 11 is 13.7. The van der Waals surface area contributed by atoms with Gasteiger partial charge in [0.1, 0.15) is 60.8 Å². The van der Waals surface area contributed by atoms with Crippen LogP contribution in [0.4, 0.5) is 0 Å². The third-order valence-electron chi connectivity index (χ3n) is 10.9. The zero-order chi connectivity index (χ0) is 54.1.